The average Bonchev–Trinajstić information content (AvgIpc) is 3.14. The molecule has 53 heavy (non-hydrogen) atoms. The van der Waals surface area contributed by atoms with Crippen molar-refractivity contribution in [3.63, 3.8) is 0 Å². The number of unbranched alkanes of at least 4 members (excludes halogenated alkanes) is 24. The van der Waals surface area contributed by atoms with E-state index in [2.05, 4.69) is 38.2 Å². The van der Waals surface area contributed by atoms with Gasteiger partial charge in [0, 0.05) is 19.4 Å². The second-order valence-electron chi connectivity index (χ2n) is 14.6. The number of rotatable bonds is 41. The minimum Gasteiger partial charge on any atom is -0.462 e. The summed E-state index contributed by atoms with van der Waals surface area (Å²) in [5.74, 6) is -0.838. The van der Waals surface area contributed by atoms with Gasteiger partial charge < -0.3 is 20.1 Å². The Hall–Kier alpha value is -1.51. The molecule has 0 spiro atoms. The molecule has 0 aromatic carbocycles. The van der Waals surface area contributed by atoms with Crippen molar-refractivity contribution in [3.05, 3.63) is 24.3 Å². The molecule has 0 rings (SSSR count). The minimum atomic E-state index is -4.38. The Labute approximate surface area is 325 Å². The fourth-order valence-electron chi connectivity index (χ4n) is 6.04. The Morgan fingerprint density at radius 1 is 0.547 bits per heavy atom. The molecular weight excluding hydrogens is 689 g/mol. The van der Waals surface area contributed by atoms with Crippen molar-refractivity contribution in [3.8, 4) is 0 Å². The molecule has 10 heteroatoms. The van der Waals surface area contributed by atoms with E-state index in [9.17, 15) is 19.0 Å². The lowest BCUT2D eigenvalue weighted by atomic mass is 10.1. The molecule has 2 atom stereocenters. The molecule has 312 valence electrons. The van der Waals surface area contributed by atoms with Gasteiger partial charge in [0.1, 0.15) is 6.61 Å². The van der Waals surface area contributed by atoms with E-state index in [1.807, 2.05) is 0 Å². The van der Waals surface area contributed by atoms with Gasteiger partial charge in [0.05, 0.1) is 13.2 Å². The summed E-state index contributed by atoms with van der Waals surface area (Å²) in [7, 11) is -4.38. The third kappa shape index (κ3) is 40.0. The first-order valence-electron chi connectivity index (χ1n) is 21.8. The zero-order valence-corrected chi connectivity index (χ0v) is 35.2. The Morgan fingerprint density at radius 3 is 1.34 bits per heavy atom. The van der Waals surface area contributed by atoms with Gasteiger partial charge in [0.15, 0.2) is 6.10 Å². The van der Waals surface area contributed by atoms with Gasteiger partial charge in [-0.2, -0.15) is 0 Å². The van der Waals surface area contributed by atoms with Crippen LogP contribution in [-0.2, 0) is 32.7 Å². The van der Waals surface area contributed by atoms with E-state index < -0.39 is 26.5 Å². The molecule has 0 amide bonds. The van der Waals surface area contributed by atoms with E-state index >= 15 is 0 Å². The van der Waals surface area contributed by atoms with E-state index in [1.54, 1.807) is 0 Å². The van der Waals surface area contributed by atoms with Crippen LogP contribution in [0, 0.1) is 0 Å². The summed E-state index contributed by atoms with van der Waals surface area (Å²) in [5.41, 5.74) is 5.34. The normalized spacial score (nSPS) is 13.5. The lowest BCUT2D eigenvalue weighted by Crippen LogP contribution is -2.29. The highest BCUT2D eigenvalue weighted by molar-refractivity contribution is 7.47. The summed E-state index contributed by atoms with van der Waals surface area (Å²) in [6.45, 7) is 3.72. The molecule has 0 saturated heterocycles. The first-order valence-corrected chi connectivity index (χ1v) is 23.3. The van der Waals surface area contributed by atoms with Crippen LogP contribution in [0.25, 0.3) is 0 Å². The molecular formula is C43H82NO8P. The van der Waals surface area contributed by atoms with Gasteiger partial charge in [-0.25, -0.2) is 4.57 Å². The van der Waals surface area contributed by atoms with Crippen molar-refractivity contribution < 1.29 is 37.6 Å². The van der Waals surface area contributed by atoms with Crippen LogP contribution in [-0.4, -0.2) is 49.3 Å². The number of phosphoric ester groups is 1. The second kappa shape index (κ2) is 40.2. The predicted octanol–water partition coefficient (Wildman–Crippen LogP) is 12.4. The van der Waals surface area contributed by atoms with Gasteiger partial charge in [0.25, 0.3) is 0 Å². The summed E-state index contributed by atoms with van der Waals surface area (Å²) >= 11 is 0. The third-order valence-electron chi connectivity index (χ3n) is 9.31. The molecule has 2 unspecified atom stereocenters. The molecule has 0 radical (unpaired) electrons. The average molecular weight is 772 g/mol. The first-order chi connectivity index (χ1) is 25.8. The van der Waals surface area contributed by atoms with E-state index in [-0.39, 0.29) is 38.6 Å². The van der Waals surface area contributed by atoms with Crippen molar-refractivity contribution in [2.75, 3.05) is 26.4 Å². The summed E-state index contributed by atoms with van der Waals surface area (Å²) in [5, 5.41) is 0. The van der Waals surface area contributed by atoms with Crippen molar-refractivity contribution in [2.24, 2.45) is 5.73 Å². The molecule has 9 nitrogen and oxygen atoms in total. The van der Waals surface area contributed by atoms with Crippen LogP contribution < -0.4 is 5.73 Å². The molecule has 0 heterocycles. The minimum absolute atomic E-state index is 0.0525. The number of ether oxygens (including phenoxy) is 2. The zero-order chi connectivity index (χ0) is 38.9. The van der Waals surface area contributed by atoms with Gasteiger partial charge >= 0.3 is 19.8 Å². The molecule has 0 aromatic rings. The largest absolute Gasteiger partial charge is 0.472 e. The number of esters is 2. The highest BCUT2D eigenvalue weighted by atomic mass is 31.2. The Balaban J connectivity index is 4.15. The maximum atomic E-state index is 12.6. The van der Waals surface area contributed by atoms with Gasteiger partial charge in [-0.3, -0.25) is 18.6 Å². The van der Waals surface area contributed by atoms with E-state index in [4.69, 9.17) is 24.3 Å². The zero-order valence-electron chi connectivity index (χ0n) is 34.3. The number of hydrogen-bond donors (Lipinski definition) is 2. The predicted molar refractivity (Wildman–Crippen MR) is 220 cm³/mol. The molecule has 0 aliphatic rings. The van der Waals surface area contributed by atoms with Gasteiger partial charge in [-0.1, -0.05) is 154 Å². The van der Waals surface area contributed by atoms with Crippen LogP contribution in [0.4, 0.5) is 0 Å². The van der Waals surface area contributed by atoms with Crippen LogP contribution in [0.2, 0.25) is 0 Å². The third-order valence-corrected chi connectivity index (χ3v) is 10.3. The molecule has 0 aliphatic carbocycles. The lowest BCUT2D eigenvalue weighted by Gasteiger charge is -2.19. The molecule has 3 N–H and O–H groups in total. The highest BCUT2D eigenvalue weighted by Crippen LogP contribution is 2.43. The smallest absolute Gasteiger partial charge is 0.462 e. The number of carbonyl (C=O) groups excluding carboxylic acids is 2. The number of hydrogen-bond acceptors (Lipinski definition) is 8. The van der Waals surface area contributed by atoms with Crippen LogP contribution in [0.3, 0.4) is 0 Å². The van der Waals surface area contributed by atoms with Crippen molar-refractivity contribution in [1.82, 2.24) is 0 Å². The maximum absolute atomic E-state index is 12.6. The quantitative estimate of drug-likeness (QED) is 0.0269. The Bertz CT molecular complexity index is 928. The fraction of sp³-hybridized carbons (Fsp3) is 0.860. The molecule has 0 bridgehead atoms. The number of carbonyl (C=O) groups is 2. The van der Waals surface area contributed by atoms with E-state index in [0.717, 1.165) is 64.2 Å². The van der Waals surface area contributed by atoms with Crippen molar-refractivity contribution in [1.29, 1.82) is 0 Å². The monoisotopic (exact) mass is 772 g/mol. The number of allylic oxidation sites excluding steroid dienone is 4. The second-order valence-corrected chi connectivity index (χ2v) is 16.0. The topological polar surface area (TPSA) is 134 Å². The number of nitrogens with two attached hydrogens (primary N) is 1. The van der Waals surface area contributed by atoms with E-state index in [0.29, 0.717) is 6.42 Å². The maximum Gasteiger partial charge on any atom is 0.472 e. The molecule has 0 aromatic heterocycles. The Kier molecular flexibility index (Phi) is 39.0. The highest BCUT2D eigenvalue weighted by Gasteiger charge is 2.26. The summed E-state index contributed by atoms with van der Waals surface area (Å²) in [6.07, 6.45) is 42.0. The van der Waals surface area contributed by atoms with Gasteiger partial charge in [0.2, 0.25) is 0 Å². The van der Waals surface area contributed by atoms with Crippen molar-refractivity contribution in [2.45, 2.75) is 213 Å². The summed E-state index contributed by atoms with van der Waals surface area (Å²) in [6, 6.07) is 0. The molecule has 0 fully saturated rings. The van der Waals surface area contributed by atoms with Gasteiger partial charge in [-0.05, 0) is 64.2 Å². The van der Waals surface area contributed by atoms with Crippen LogP contribution >= 0.6 is 7.82 Å². The Morgan fingerprint density at radius 2 is 0.925 bits per heavy atom. The summed E-state index contributed by atoms with van der Waals surface area (Å²) < 4.78 is 32.8. The van der Waals surface area contributed by atoms with Crippen LogP contribution in [0.15, 0.2) is 24.3 Å². The molecule has 0 saturated carbocycles. The molecule has 0 aliphatic heterocycles. The van der Waals surface area contributed by atoms with Crippen molar-refractivity contribution >= 4 is 19.8 Å². The lowest BCUT2D eigenvalue weighted by molar-refractivity contribution is -0.161. The number of phosphoric acid groups is 1. The van der Waals surface area contributed by atoms with Crippen LogP contribution in [0.5, 0.6) is 0 Å². The standard InChI is InChI=1S/C43H82NO8P/c1-3-5-7-9-11-13-15-17-19-20-22-23-25-27-29-31-33-35-42(45)49-39-41(40-51-53(47,48)50-38-37-44)52-43(46)36-34-32-30-28-26-24-21-18-16-14-12-10-8-6-4-2/h17-19,21,41H,3-16,20,22-40,44H2,1-2H3,(H,47,48). The van der Waals surface area contributed by atoms with Crippen LogP contribution in [0.1, 0.15) is 206 Å². The first kappa shape index (κ1) is 51.5. The SMILES string of the molecule is CCCCCCCCC=CCCCCCCCCCC(=O)OCC(COP(=O)(O)OCCN)OC(=O)CCCCCCCC=CCCCCCCCC. The fourth-order valence-corrected chi connectivity index (χ4v) is 6.80. The van der Waals surface area contributed by atoms with Gasteiger partial charge in [-0.15, -0.1) is 0 Å². The summed E-state index contributed by atoms with van der Waals surface area (Å²) in [4.78, 5) is 34.8. The van der Waals surface area contributed by atoms with E-state index in [1.165, 1.54) is 109 Å².